The van der Waals surface area contributed by atoms with E-state index in [4.69, 9.17) is 21.6 Å². The molecule has 6 heteroatoms. The third-order valence-electron chi connectivity index (χ3n) is 3.41. The fourth-order valence-electron chi connectivity index (χ4n) is 1.59. The molecular formula is C16H19ClN2O3. The molecule has 0 radical (unpaired) electrons. The molecule has 0 saturated heterocycles. The summed E-state index contributed by atoms with van der Waals surface area (Å²) in [5, 5.41) is 12.3. The Morgan fingerprint density at radius 2 is 1.95 bits per heavy atom. The molecule has 118 valence electrons. The monoisotopic (exact) mass is 322 g/mol. The minimum atomic E-state index is -0.986. The molecule has 0 aliphatic carbocycles. The van der Waals surface area contributed by atoms with Gasteiger partial charge in [-0.15, -0.1) is 0 Å². The van der Waals surface area contributed by atoms with Gasteiger partial charge in [0.15, 0.2) is 6.61 Å². The third kappa shape index (κ3) is 5.38. The molecule has 1 aromatic carbocycles. The summed E-state index contributed by atoms with van der Waals surface area (Å²) in [6.07, 6.45) is 0.0597. The Morgan fingerprint density at radius 1 is 1.36 bits per heavy atom. The maximum Gasteiger partial charge on any atom is 0.310 e. The van der Waals surface area contributed by atoms with Crippen LogP contribution < -0.4 is 5.32 Å². The molecule has 0 fully saturated rings. The van der Waals surface area contributed by atoms with Crippen molar-refractivity contribution in [2.24, 2.45) is 5.92 Å². The zero-order valence-corrected chi connectivity index (χ0v) is 13.6. The first-order valence-electron chi connectivity index (χ1n) is 6.89. The van der Waals surface area contributed by atoms with Crippen LogP contribution in [-0.2, 0) is 20.7 Å². The fourth-order valence-corrected chi connectivity index (χ4v) is 1.72. The van der Waals surface area contributed by atoms with Crippen molar-refractivity contribution in [3.05, 3.63) is 34.9 Å². The van der Waals surface area contributed by atoms with E-state index in [1.165, 1.54) is 0 Å². The van der Waals surface area contributed by atoms with Crippen LogP contribution in [-0.4, -0.2) is 24.0 Å². The van der Waals surface area contributed by atoms with Crippen LogP contribution in [0, 0.1) is 17.2 Å². The number of rotatable bonds is 6. The SMILES string of the molecule is CC(C)[C@](C)(C#N)NC(=O)COC(=O)Cc1ccc(Cl)cc1. The zero-order chi connectivity index (χ0) is 16.8. The molecule has 1 aromatic rings. The number of carbonyl (C=O) groups excluding carboxylic acids is 2. The van der Waals surface area contributed by atoms with E-state index >= 15 is 0 Å². The van der Waals surface area contributed by atoms with Crippen LogP contribution in [0.15, 0.2) is 24.3 Å². The van der Waals surface area contributed by atoms with E-state index in [1.54, 1.807) is 31.2 Å². The average molecular weight is 323 g/mol. The maximum atomic E-state index is 11.8. The lowest BCUT2D eigenvalue weighted by molar-refractivity contribution is -0.148. The molecule has 0 aliphatic heterocycles. The number of nitrogens with one attached hydrogen (secondary N) is 1. The van der Waals surface area contributed by atoms with Gasteiger partial charge in [-0.25, -0.2) is 0 Å². The quantitative estimate of drug-likeness (QED) is 0.816. The molecule has 1 rings (SSSR count). The van der Waals surface area contributed by atoms with Crippen molar-refractivity contribution in [3.8, 4) is 6.07 Å². The Labute approximate surface area is 135 Å². The van der Waals surface area contributed by atoms with E-state index in [0.717, 1.165) is 5.56 Å². The van der Waals surface area contributed by atoms with Crippen molar-refractivity contribution in [1.82, 2.24) is 5.32 Å². The second-order valence-electron chi connectivity index (χ2n) is 5.48. The lowest BCUT2D eigenvalue weighted by Crippen LogP contribution is -2.50. The molecule has 0 heterocycles. The maximum absolute atomic E-state index is 11.8. The van der Waals surface area contributed by atoms with Crippen molar-refractivity contribution in [1.29, 1.82) is 5.26 Å². The normalized spacial score (nSPS) is 13.1. The number of benzene rings is 1. The highest BCUT2D eigenvalue weighted by Crippen LogP contribution is 2.15. The van der Waals surface area contributed by atoms with Crippen LogP contribution in [0.25, 0.3) is 0 Å². The summed E-state index contributed by atoms with van der Waals surface area (Å²) in [4.78, 5) is 23.4. The van der Waals surface area contributed by atoms with E-state index in [1.807, 2.05) is 13.8 Å². The zero-order valence-electron chi connectivity index (χ0n) is 12.9. The van der Waals surface area contributed by atoms with Crippen molar-refractivity contribution in [2.45, 2.75) is 32.7 Å². The van der Waals surface area contributed by atoms with E-state index < -0.39 is 24.0 Å². The molecular weight excluding hydrogens is 304 g/mol. The van der Waals surface area contributed by atoms with E-state index in [9.17, 15) is 9.59 Å². The molecule has 0 bridgehead atoms. The van der Waals surface area contributed by atoms with Gasteiger partial charge < -0.3 is 10.1 Å². The second-order valence-corrected chi connectivity index (χ2v) is 5.92. The highest BCUT2D eigenvalue weighted by atomic mass is 35.5. The number of hydrogen-bond acceptors (Lipinski definition) is 4. The van der Waals surface area contributed by atoms with Gasteiger partial charge in [-0.1, -0.05) is 37.6 Å². The first-order valence-corrected chi connectivity index (χ1v) is 7.27. The van der Waals surface area contributed by atoms with Gasteiger partial charge in [0, 0.05) is 5.02 Å². The Morgan fingerprint density at radius 3 is 2.45 bits per heavy atom. The number of carbonyl (C=O) groups is 2. The van der Waals surface area contributed by atoms with Crippen molar-refractivity contribution in [2.75, 3.05) is 6.61 Å². The third-order valence-corrected chi connectivity index (χ3v) is 3.66. The van der Waals surface area contributed by atoms with Gasteiger partial charge >= 0.3 is 5.97 Å². The van der Waals surface area contributed by atoms with Crippen molar-refractivity contribution in [3.63, 3.8) is 0 Å². The van der Waals surface area contributed by atoms with Gasteiger partial charge in [0.2, 0.25) is 0 Å². The Kier molecular flexibility index (Phi) is 6.39. The Balaban J connectivity index is 2.45. The van der Waals surface area contributed by atoms with Crippen LogP contribution in [0.1, 0.15) is 26.3 Å². The molecule has 0 aliphatic rings. The standard InChI is InChI=1S/C16H19ClN2O3/c1-11(2)16(3,10-18)19-14(20)9-22-15(21)8-12-4-6-13(17)7-5-12/h4-7,11H,8-9H2,1-3H3,(H,19,20)/t16-/m0/s1. The van der Waals surface area contributed by atoms with Gasteiger partial charge in [0.1, 0.15) is 5.54 Å². The lowest BCUT2D eigenvalue weighted by Gasteiger charge is -2.27. The summed E-state index contributed by atoms with van der Waals surface area (Å²) in [5.41, 5.74) is -0.238. The van der Waals surface area contributed by atoms with E-state index in [0.29, 0.717) is 5.02 Å². The highest BCUT2D eigenvalue weighted by molar-refractivity contribution is 6.30. The van der Waals surface area contributed by atoms with Crippen molar-refractivity contribution >= 4 is 23.5 Å². The van der Waals surface area contributed by atoms with Crippen LogP contribution in [0.2, 0.25) is 5.02 Å². The van der Waals surface area contributed by atoms with Gasteiger partial charge in [-0.3, -0.25) is 9.59 Å². The lowest BCUT2D eigenvalue weighted by atomic mass is 9.90. The highest BCUT2D eigenvalue weighted by Gasteiger charge is 2.30. The summed E-state index contributed by atoms with van der Waals surface area (Å²) < 4.78 is 4.91. The first kappa shape index (κ1) is 18.0. The number of nitrogens with zero attached hydrogens (tertiary/aromatic N) is 1. The Bertz CT molecular complexity index is 578. The minimum Gasteiger partial charge on any atom is -0.455 e. The fraction of sp³-hybridized carbons (Fsp3) is 0.438. The van der Waals surface area contributed by atoms with Gasteiger partial charge in [-0.05, 0) is 30.5 Å². The number of amides is 1. The van der Waals surface area contributed by atoms with Gasteiger partial charge in [0.25, 0.3) is 5.91 Å². The number of halogens is 1. The second kappa shape index (κ2) is 7.81. The molecule has 0 spiro atoms. The number of nitriles is 1. The predicted octanol–water partition coefficient (Wildman–Crippen LogP) is 2.48. The summed E-state index contributed by atoms with van der Waals surface area (Å²) >= 11 is 5.76. The molecule has 0 unspecified atom stereocenters. The Hall–Kier alpha value is -2.06. The van der Waals surface area contributed by atoms with Crippen LogP contribution in [0.5, 0.6) is 0 Å². The molecule has 0 aromatic heterocycles. The number of ether oxygens (including phenoxy) is 1. The summed E-state index contributed by atoms with van der Waals surface area (Å²) in [7, 11) is 0. The molecule has 5 nitrogen and oxygen atoms in total. The van der Waals surface area contributed by atoms with Crippen molar-refractivity contribution < 1.29 is 14.3 Å². The van der Waals surface area contributed by atoms with Crippen LogP contribution >= 0.6 is 11.6 Å². The molecule has 22 heavy (non-hydrogen) atoms. The largest absolute Gasteiger partial charge is 0.455 e. The van der Waals surface area contributed by atoms with E-state index in [-0.39, 0.29) is 12.3 Å². The molecule has 1 N–H and O–H groups in total. The topological polar surface area (TPSA) is 79.2 Å². The summed E-state index contributed by atoms with van der Waals surface area (Å²) in [6, 6.07) is 8.85. The van der Waals surface area contributed by atoms with Gasteiger partial charge in [0.05, 0.1) is 12.5 Å². The van der Waals surface area contributed by atoms with Crippen LogP contribution in [0.3, 0.4) is 0 Å². The van der Waals surface area contributed by atoms with Crippen LogP contribution in [0.4, 0.5) is 0 Å². The first-order chi connectivity index (χ1) is 10.3. The average Bonchev–Trinajstić information content (AvgIpc) is 2.47. The van der Waals surface area contributed by atoms with E-state index in [2.05, 4.69) is 11.4 Å². The summed E-state index contributed by atoms with van der Waals surface area (Å²) in [5.74, 6) is -1.07. The smallest absolute Gasteiger partial charge is 0.310 e. The van der Waals surface area contributed by atoms with Gasteiger partial charge in [-0.2, -0.15) is 5.26 Å². The number of esters is 1. The summed E-state index contributed by atoms with van der Waals surface area (Å²) in [6.45, 7) is 4.88. The number of hydrogen-bond donors (Lipinski definition) is 1. The molecule has 0 saturated carbocycles. The molecule has 1 atom stereocenters. The predicted molar refractivity (Wildman–Crippen MR) is 83.1 cm³/mol. The molecule has 1 amide bonds. The minimum absolute atomic E-state index is 0.0597.